The fourth-order valence-electron chi connectivity index (χ4n) is 2.34. The fourth-order valence-corrected chi connectivity index (χ4v) is 2.69. The molecule has 1 aliphatic rings. The molecule has 0 saturated carbocycles. The van der Waals surface area contributed by atoms with Crippen molar-refractivity contribution in [3.8, 4) is 0 Å². The SMILES string of the molecule is NC(=O)C1(CNc2ccc(Br)cc2[N+](=O)[O-])CCOCC1. The van der Waals surface area contributed by atoms with Crippen LogP contribution in [-0.2, 0) is 9.53 Å². The molecule has 1 saturated heterocycles. The molecule has 21 heavy (non-hydrogen) atoms. The summed E-state index contributed by atoms with van der Waals surface area (Å²) in [5, 5.41) is 14.1. The zero-order chi connectivity index (χ0) is 15.5. The number of halogens is 1. The highest BCUT2D eigenvalue weighted by Gasteiger charge is 2.38. The molecule has 1 aromatic rings. The largest absolute Gasteiger partial charge is 0.381 e. The second-order valence-corrected chi connectivity index (χ2v) is 5.94. The third kappa shape index (κ3) is 3.51. The van der Waals surface area contributed by atoms with Crippen LogP contribution in [0.1, 0.15) is 12.8 Å². The minimum Gasteiger partial charge on any atom is -0.381 e. The maximum atomic E-state index is 11.8. The van der Waals surface area contributed by atoms with Crippen LogP contribution in [-0.4, -0.2) is 30.6 Å². The van der Waals surface area contributed by atoms with E-state index in [9.17, 15) is 14.9 Å². The minimum atomic E-state index is -0.723. The molecule has 1 amide bonds. The van der Waals surface area contributed by atoms with E-state index in [0.717, 1.165) is 0 Å². The molecule has 1 aliphatic heterocycles. The molecular formula is C13H16BrN3O4. The normalized spacial score (nSPS) is 17.2. The number of primary amides is 1. The molecule has 0 unspecified atom stereocenters. The molecule has 0 atom stereocenters. The first-order valence-electron chi connectivity index (χ1n) is 6.50. The smallest absolute Gasteiger partial charge is 0.293 e. The van der Waals surface area contributed by atoms with E-state index in [1.165, 1.54) is 6.07 Å². The van der Waals surface area contributed by atoms with Gasteiger partial charge in [-0.25, -0.2) is 0 Å². The summed E-state index contributed by atoms with van der Waals surface area (Å²) in [6.45, 7) is 1.19. The van der Waals surface area contributed by atoms with Crippen molar-refractivity contribution in [3.05, 3.63) is 32.8 Å². The second kappa shape index (κ2) is 6.40. The lowest BCUT2D eigenvalue weighted by molar-refractivity contribution is -0.384. The van der Waals surface area contributed by atoms with Crippen LogP contribution >= 0.6 is 15.9 Å². The molecule has 1 aromatic carbocycles. The number of nitrogens with two attached hydrogens (primary N) is 1. The van der Waals surface area contributed by atoms with Crippen molar-refractivity contribution in [1.29, 1.82) is 0 Å². The Hall–Kier alpha value is -1.67. The molecule has 7 nitrogen and oxygen atoms in total. The average molecular weight is 358 g/mol. The van der Waals surface area contributed by atoms with E-state index in [1.807, 2.05) is 0 Å². The number of anilines is 1. The molecule has 3 N–H and O–H groups in total. The molecule has 2 rings (SSSR count). The molecule has 0 aliphatic carbocycles. The van der Waals surface area contributed by atoms with Gasteiger partial charge in [0.05, 0.1) is 10.3 Å². The minimum absolute atomic E-state index is 0.0453. The summed E-state index contributed by atoms with van der Waals surface area (Å²) < 4.78 is 5.88. The number of rotatable bonds is 5. The number of nitrogens with zero attached hydrogens (tertiary/aromatic N) is 1. The van der Waals surface area contributed by atoms with E-state index in [-0.39, 0.29) is 12.2 Å². The van der Waals surface area contributed by atoms with Gasteiger partial charge in [0.1, 0.15) is 5.69 Å². The van der Waals surface area contributed by atoms with Crippen molar-refractivity contribution in [3.63, 3.8) is 0 Å². The van der Waals surface area contributed by atoms with Crippen LogP contribution < -0.4 is 11.1 Å². The van der Waals surface area contributed by atoms with Gasteiger partial charge in [-0.1, -0.05) is 15.9 Å². The fraction of sp³-hybridized carbons (Fsp3) is 0.462. The predicted octanol–water partition coefficient (Wildman–Crippen LogP) is 2.05. The Kier molecular flexibility index (Phi) is 4.79. The Morgan fingerprint density at radius 1 is 1.48 bits per heavy atom. The van der Waals surface area contributed by atoms with Gasteiger partial charge in [-0.3, -0.25) is 14.9 Å². The van der Waals surface area contributed by atoms with E-state index in [2.05, 4.69) is 21.2 Å². The van der Waals surface area contributed by atoms with Gasteiger partial charge in [0.15, 0.2) is 0 Å². The van der Waals surface area contributed by atoms with Crippen molar-refractivity contribution < 1.29 is 14.5 Å². The number of hydrogen-bond acceptors (Lipinski definition) is 5. The Balaban J connectivity index is 2.18. The summed E-state index contributed by atoms with van der Waals surface area (Å²) in [5.74, 6) is -0.405. The quantitative estimate of drug-likeness (QED) is 0.619. The van der Waals surface area contributed by atoms with Gasteiger partial charge in [-0.15, -0.1) is 0 Å². The van der Waals surface area contributed by atoms with Gasteiger partial charge in [-0.2, -0.15) is 0 Å². The lowest BCUT2D eigenvalue weighted by Crippen LogP contribution is -2.46. The molecule has 0 spiro atoms. The molecule has 0 radical (unpaired) electrons. The molecule has 1 fully saturated rings. The number of amides is 1. The summed E-state index contributed by atoms with van der Waals surface area (Å²) in [6, 6.07) is 4.73. The van der Waals surface area contributed by atoms with Crippen molar-refractivity contribution in [2.75, 3.05) is 25.1 Å². The highest BCUT2D eigenvalue weighted by atomic mass is 79.9. The standard InChI is InChI=1S/C13H16BrN3O4/c14-9-1-2-10(11(7-9)17(19)20)16-8-13(12(15)18)3-5-21-6-4-13/h1-2,7,16H,3-6,8H2,(H2,15,18). The molecule has 1 heterocycles. The Bertz CT molecular complexity index is 558. The van der Waals surface area contributed by atoms with E-state index in [4.69, 9.17) is 10.5 Å². The molecule has 114 valence electrons. The molecule has 0 bridgehead atoms. The van der Waals surface area contributed by atoms with Crippen LogP contribution in [0.4, 0.5) is 11.4 Å². The summed E-state index contributed by atoms with van der Waals surface area (Å²) in [4.78, 5) is 22.4. The molecular weight excluding hydrogens is 342 g/mol. The van der Waals surface area contributed by atoms with E-state index in [1.54, 1.807) is 12.1 Å². The highest BCUT2D eigenvalue weighted by molar-refractivity contribution is 9.10. The van der Waals surface area contributed by atoms with Crippen molar-refractivity contribution in [2.24, 2.45) is 11.1 Å². The summed E-state index contributed by atoms with van der Waals surface area (Å²) >= 11 is 3.20. The zero-order valence-electron chi connectivity index (χ0n) is 11.3. The van der Waals surface area contributed by atoms with Gasteiger partial charge in [0.25, 0.3) is 5.69 Å². The van der Waals surface area contributed by atoms with Crippen molar-refractivity contribution >= 4 is 33.2 Å². The van der Waals surface area contributed by atoms with Crippen molar-refractivity contribution in [2.45, 2.75) is 12.8 Å². The number of nitro groups is 1. The lowest BCUT2D eigenvalue weighted by Gasteiger charge is -2.34. The lowest BCUT2D eigenvalue weighted by atomic mass is 9.79. The van der Waals surface area contributed by atoms with Crippen LogP contribution in [0.3, 0.4) is 0 Å². The second-order valence-electron chi connectivity index (χ2n) is 5.03. The third-order valence-electron chi connectivity index (χ3n) is 3.75. The van der Waals surface area contributed by atoms with Crippen molar-refractivity contribution in [1.82, 2.24) is 0 Å². The van der Waals surface area contributed by atoms with E-state index >= 15 is 0 Å². The number of carbonyl (C=O) groups is 1. The van der Waals surface area contributed by atoms with Gasteiger partial charge < -0.3 is 15.8 Å². The average Bonchev–Trinajstić information content (AvgIpc) is 2.46. The van der Waals surface area contributed by atoms with Crippen LogP contribution in [0.5, 0.6) is 0 Å². The zero-order valence-corrected chi connectivity index (χ0v) is 12.9. The van der Waals surface area contributed by atoms with Gasteiger partial charge in [0.2, 0.25) is 5.91 Å². The number of nitrogens with one attached hydrogen (secondary N) is 1. The number of ether oxygens (including phenoxy) is 1. The Morgan fingerprint density at radius 3 is 2.71 bits per heavy atom. The summed E-state index contributed by atoms with van der Waals surface area (Å²) in [5.41, 5.74) is 5.11. The van der Waals surface area contributed by atoms with E-state index in [0.29, 0.717) is 36.2 Å². The van der Waals surface area contributed by atoms with Crippen LogP contribution in [0.25, 0.3) is 0 Å². The maximum absolute atomic E-state index is 11.8. The van der Waals surface area contributed by atoms with Crippen LogP contribution in [0, 0.1) is 15.5 Å². The monoisotopic (exact) mass is 357 g/mol. The molecule has 8 heteroatoms. The van der Waals surface area contributed by atoms with Gasteiger partial charge in [0, 0.05) is 30.3 Å². The molecule has 0 aromatic heterocycles. The number of benzene rings is 1. The topological polar surface area (TPSA) is 107 Å². The maximum Gasteiger partial charge on any atom is 0.293 e. The van der Waals surface area contributed by atoms with E-state index < -0.39 is 16.2 Å². The summed E-state index contributed by atoms with van der Waals surface area (Å²) in [6.07, 6.45) is 1.03. The number of hydrogen-bond donors (Lipinski definition) is 2. The first-order chi connectivity index (χ1) is 9.94. The summed E-state index contributed by atoms with van der Waals surface area (Å²) in [7, 11) is 0. The van der Waals surface area contributed by atoms with Gasteiger partial charge in [-0.05, 0) is 25.0 Å². The van der Waals surface area contributed by atoms with Crippen LogP contribution in [0.2, 0.25) is 0 Å². The third-order valence-corrected chi connectivity index (χ3v) is 4.24. The predicted molar refractivity (Wildman–Crippen MR) is 81.0 cm³/mol. The number of carbonyl (C=O) groups excluding carboxylic acids is 1. The highest BCUT2D eigenvalue weighted by Crippen LogP contribution is 2.33. The first-order valence-corrected chi connectivity index (χ1v) is 7.29. The van der Waals surface area contributed by atoms with Gasteiger partial charge >= 0.3 is 0 Å². The van der Waals surface area contributed by atoms with Crippen LogP contribution in [0.15, 0.2) is 22.7 Å². The first kappa shape index (κ1) is 15.7. The Labute approximate surface area is 130 Å². The number of nitro benzene ring substituents is 1. The Morgan fingerprint density at radius 2 is 2.14 bits per heavy atom.